The molecular formula is C9H11N3O. The van der Waals surface area contributed by atoms with Gasteiger partial charge in [0, 0.05) is 5.69 Å². The summed E-state index contributed by atoms with van der Waals surface area (Å²) in [4.78, 5) is 17.8. The van der Waals surface area contributed by atoms with Crippen LogP contribution in [-0.4, -0.2) is 9.97 Å². The standard InChI is InChI=1S/C9H11N3O/c1-3-6-7(4-2)12-9(13)8(5-10)11-6/h3-4H2,1-2H3,(H,12,13). The lowest BCUT2D eigenvalue weighted by Gasteiger charge is -2.03. The summed E-state index contributed by atoms with van der Waals surface area (Å²) in [6, 6.07) is 1.77. The minimum atomic E-state index is -0.392. The molecule has 0 spiro atoms. The maximum absolute atomic E-state index is 11.2. The summed E-state index contributed by atoms with van der Waals surface area (Å²) in [7, 11) is 0. The number of aromatic amines is 1. The van der Waals surface area contributed by atoms with E-state index in [1.54, 1.807) is 6.07 Å². The fourth-order valence-corrected chi connectivity index (χ4v) is 1.18. The maximum Gasteiger partial charge on any atom is 0.284 e. The lowest BCUT2D eigenvalue weighted by atomic mass is 10.2. The first-order valence-electron chi connectivity index (χ1n) is 4.25. The third-order valence-corrected chi connectivity index (χ3v) is 1.87. The monoisotopic (exact) mass is 177 g/mol. The van der Waals surface area contributed by atoms with Crippen LogP contribution >= 0.6 is 0 Å². The van der Waals surface area contributed by atoms with E-state index in [0.29, 0.717) is 0 Å². The van der Waals surface area contributed by atoms with Crippen LogP contribution in [0.2, 0.25) is 0 Å². The van der Waals surface area contributed by atoms with Crippen LogP contribution in [0.4, 0.5) is 0 Å². The SMILES string of the molecule is CCc1nc(C#N)c(=O)[nH]c1CC. The second-order valence-electron chi connectivity index (χ2n) is 2.66. The van der Waals surface area contributed by atoms with Gasteiger partial charge in [-0.2, -0.15) is 5.26 Å². The Morgan fingerprint density at radius 3 is 2.62 bits per heavy atom. The molecule has 0 saturated carbocycles. The molecule has 1 rings (SSSR count). The summed E-state index contributed by atoms with van der Waals surface area (Å²) in [6.07, 6.45) is 1.46. The van der Waals surface area contributed by atoms with E-state index in [1.807, 2.05) is 13.8 Å². The Labute approximate surface area is 76.2 Å². The van der Waals surface area contributed by atoms with Crippen molar-refractivity contribution in [3.05, 3.63) is 27.4 Å². The number of aryl methyl sites for hydroxylation is 2. The maximum atomic E-state index is 11.2. The zero-order chi connectivity index (χ0) is 9.84. The van der Waals surface area contributed by atoms with Gasteiger partial charge >= 0.3 is 0 Å². The van der Waals surface area contributed by atoms with Crippen LogP contribution in [-0.2, 0) is 12.8 Å². The highest BCUT2D eigenvalue weighted by Gasteiger charge is 2.06. The van der Waals surface area contributed by atoms with Crippen LogP contribution in [0.1, 0.15) is 30.9 Å². The molecule has 0 bridgehead atoms. The second-order valence-corrected chi connectivity index (χ2v) is 2.66. The minimum absolute atomic E-state index is 0.0472. The van der Waals surface area contributed by atoms with Crippen LogP contribution < -0.4 is 5.56 Å². The largest absolute Gasteiger partial charge is 0.322 e. The van der Waals surface area contributed by atoms with Crippen molar-refractivity contribution in [3.8, 4) is 6.07 Å². The normalized spacial score (nSPS) is 9.62. The Hall–Kier alpha value is -1.63. The van der Waals surface area contributed by atoms with Gasteiger partial charge in [0.25, 0.3) is 5.56 Å². The van der Waals surface area contributed by atoms with Gasteiger partial charge in [-0.3, -0.25) is 4.79 Å². The van der Waals surface area contributed by atoms with E-state index in [2.05, 4.69) is 9.97 Å². The molecule has 0 fully saturated rings. The number of nitrogens with one attached hydrogen (secondary N) is 1. The lowest BCUT2D eigenvalue weighted by molar-refractivity contribution is 0.878. The number of H-pyrrole nitrogens is 1. The average molecular weight is 177 g/mol. The van der Waals surface area contributed by atoms with Crippen LogP contribution in [0, 0.1) is 11.3 Å². The number of aromatic nitrogens is 2. The van der Waals surface area contributed by atoms with Gasteiger partial charge < -0.3 is 4.98 Å². The molecule has 13 heavy (non-hydrogen) atoms. The van der Waals surface area contributed by atoms with Crippen LogP contribution in [0.15, 0.2) is 4.79 Å². The van der Waals surface area contributed by atoms with Crippen molar-refractivity contribution in [3.63, 3.8) is 0 Å². The predicted octanol–water partition coefficient (Wildman–Crippen LogP) is 0.766. The molecule has 1 heterocycles. The Kier molecular flexibility index (Phi) is 2.80. The quantitative estimate of drug-likeness (QED) is 0.725. The molecule has 0 aliphatic carbocycles. The first-order chi connectivity index (χ1) is 6.22. The molecule has 1 N–H and O–H groups in total. The summed E-state index contributed by atoms with van der Waals surface area (Å²) in [5.74, 6) is 0. The van der Waals surface area contributed by atoms with Gasteiger partial charge in [0.15, 0.2) is 0 Å². The summed E-state index contributed by atoms with van der Waals surface area (Å²) < 4.78 is 0. The van der Waals surface area contributed by atoms with Crippen LogP contribution in [0.5, 0.6) is 0 Å². The molecule has 0 aromatic carbocycles. The van der Waals surface area contributed by atoms with Crippen molar-refractivity contribution in [2.45, 2.75) is 26.7 Å². The summed E-state index contributed by atoms with van der Waals surface area (Å²) in [6.45, 7) is 3.89. The highest BCUT2D eigenvalue weighted by molar-refractivity contribution is 5.22. The first-order valence-corrected chi connectivity index (χ1v) is 4.25. The molecule has 0 aliphatic heterocycles. The zero-order valence-electron chi connectivity index (χ0n) is 7.72. The lowest BCUT2D eigenvalue weighted by Crippen LogP contribution is -2.17. The highest BCUT2D eigenvalue weighted by atomic mass is 16.1. The average Bonchev–Trinajstić information content (AvgIpc) is 2.17. The molecule has 1 aromatic heterocycles. The van der Waals surface area contributed by atoms with Gasteiger partial charge in [-0.15, -0.1) is 0 Å². The number of hydrogen-bond acceptors (Lipinski definition) is 3. The van der Waals surface area contributed by atoms with E-state index in [4.69, 9.17) is 5.26 Å². The minimum Gasteiger partial charge on any atom is -0.322 e. The summed E-state index contributed by atoms with van der Waals surface area (Å²) in [5, 5.41) is 8.57. The Morgan fingerprint density at radius 2 is 2.15 bits per heavy atom. The molecule has 0 unspecified atom stereocenters. The Balaban J connectivity index is 3.37. The summed E-state index contributed by atoms with van der Waals surface area (Å²) >= 11 is 0. The third kappa shape index (κ3) is 1.75. The Bertz CT molecular complexity index is 400. The number of nitriles is 1. The van der Waals surface area contributed by atoms with Crippen molar-refractivity contribution in [2.24, 2.45) is 0 Å². The van der Waals surface area contributed by atoms with E-state index in [0.717, 1.165) is 24.2 Å². The molecular weight excluding hydrogens is 166 g/mol. The topological polar surface area (TPSA) is 69.5 Å². The van der Waals surface area contributed by atoms with Gasteiger partial charge in [0.1, 0.15) is 6.07 Å². The van der Waals surface area contributed by atoms with E-state index < -0.39 is 5.56 Å². The van der Waals surface area contributed by atoms with Crippen molar-refractivity contribution in [1.82, 2.24) is 9.97 Å². The van der Waals surface area contributed by atoms with E-state index in [-0.39, 0.29) is 5.69 Å². The zero-order valence-corrected chi connectivity index (χ0v) is 7.72. The van der Waals surface area contributed by atoms with Gasteiger partial charge in [0.2, 0.25) is 5.69 Å². The molecule has 0 saturated heterocycles. The molecule has 0 aliphatic rings. The molecule has 0 radical (unpaired) electrons. The van der Waals surface area contributed by atoms with E-state index in [9.17, 15) is 4.79 Å². The number of rotatable bonds is 2. The van der Waals surface area contributed by atoms with Crippen molar-refractivity contribution in [1.29, 1.82) is 5.26 Å². The second kappa shape index (κ2) is 3.85. The molecule has 4 nitrogen and oxygen atoms in total. The fraction of sp³-hybridized carbons (Fsp3) is 0.444. The van der Waals surface area contributed by atoms with Crippen molar-refractivity contribution >= 4 is 0 Å². The molecule has 68 valence electrons. The number of hydrogen-bond donors (Lipinski definition) is 1. The van der Waals surface area contributed by atoms with Crippen molar-refractivity contribution < 1.29 is 0 Å². The number of nitrogens with zero attached hydrogens (tertiary/aromatic N) is 2. The van der Waals surface area contributed by atoms with Crippen LogP contribution in [0.25, 0.3) is 0 Å². The van der Waals surface area contributed by atoms with Gasteiger partial charge in [0.05, 0.1) is 5.69 Å². The van der Waals surface area contributed by atoms with Gasteiger partial charge in [-0.25, -0.2) is 4.98 Å². The van der Waals surface area contributed by atoms with Crippen LogP contribution in [0.3, 0.4) is 0 Å². The third-order valence-electron chi connectivity index (χ3n) is 1.87. The molecule has 0 amide bonds. The molecule has 1 aromatic rings. The van der Waals surface area contributed by atoms with E-state index in [1.165, 1.54) is 0 Å². The highest BCUT2D eigenvalue weighted by Crippen LogP contribution is 2.02. The summed E-state index contributed by atoms with van der Waals surface area (Å²) in [5.41, 5.74) is 1.19. The first kappa shape index (κ1) is 9.46. The Morgan fingerprint density at radius 1 is 1.46 bits per heavy atom. The smallest absolute Gasteiger partial charge is 0.284 e. The van der Waals surface area contributed by atoms with Gasteiger partial charge in [-0.1, -0.05) is 13.8 Å². The molecule has 4 heteroatoms. The van der Waals surface area contributed by atoms with E-state index >= 15 is 0 Å². The predicted molar refractivity (Wildman–Crippen MR) is 48.3 cm³/mol. The van der Waals surface area contributed by atoms with Crippen molar-refractivity contribution in [2.75, 3.05) is 0 Å². The fourth-order valence-electron chi connectivity index (χ4n) is 1.18. The van der Waals surface area contributed by atoms with Gasteiger partial charge in [-0.05, 0) is 12.8 Å². The molecule has 0 atom stereocenters.